The molecule has 2 saturated heterocycles. The van der Waals surface area contributed by atoms with Crippen LogP contribution in [0.4, 0.5) is 0 Å². The average Bonchev–Trinajstić information content (AvgIpc) is 2.60. The fourth-order valence-electron chi connectivity index (χ4n) is 2.51. The third-order valence-corrected chi connectivity index (χ3v) is 3.36. The standard InChI is InChI=1S/C11H21NO2/c1-2-13-9-10-3-4-11(14-10)5-7-12-8-6-11/h10,12H,2-9H2,1H3/t10-/m0/s1. The molecule has 3 heteroatoms. The lowest BCUT2D eigenvalue weighted by atomic mass is 9.89. The van der Waals surface area contributed by atoms with Gasteiger partial charge >= 0.3 is 0 Å². The van der Waals surface area contributed by atoms with Crippen LogP contribution in [0.25, 0.3) is 0 Å². The zero-order chi connectivity index (χ0) is 9.86. The van der Waals surface area contributed by atoms with Crippen molar-refractivity contribution in [1.82, 2.24) is 5.32 Å². The summed E-state index contributed by atoms with van der Waals surface area (Å²) in [6.45, 7) is 5.85. The molecule has 0 bridgehead atoms. The maximum absolute atomic E-state index is 6.13. The third kappa shape index (κ3) is 2.27. The quantitative estimate of drug-likeness (QED) is 0.743. The van der Waals surface area contributed by atoms with Crippen LogP contribution in [0.2, 0.25) is 0 Å². The van der Waals surface area contributed by atoms with Crippen LogP contribution in [0, 0.1) is 0 Å². The largest absolute Gasteiger partial charge is 0.379 e. The molecule has 82 valence electrons. The number of hydrogen-bond acceptors (Lipinski definition) is 3. The molecule has 2 rings (SSSR count). The summed E-state index contributed by atoms with van der Waals surface area (Å²) in [5.74, 6) is 0. The monoisotopic (exact) mass is 199 g/mol. The van der Waals surface area contributed by atoms with E-state index in [1.165, 1.54) is 25.7 Å². The second-order valence-corrected chi connectivity index (χ2v) is 4.37. The van der Waals surface area contributed by atoms with Crippen molar-refractivity contribution in [3.05, 3.63) is 0 Å². The number of hydrogen-bond donors (Lipinski definition) is 1. The molecule has 0 saturated carbocycles. The zero-order valence-electron chi connectivity index (χ0n) is 9.05. The Labute approximate surface area is 86.2 Å². The van der Waals surface area contributed by atoms with Crippen molar-refractivity contribution in [2.45, 2.75) is 44.3 Å². The highest BCUT2D eigenvalue weighted by atomic mass is 16.5. The molecule has 0 radical (unpaired) electrons. The molecule has 0 unspecified atom stereocenters. The van der Waals surface area contributed by atoms with Crippen molar-refractivity contribution < 1.29 is 9.47 Å². The van der Waals surface area contributed by atoms with Gasteiger partial charge in [0, 0.05) is 6.61 Å². The van der Waals surface area contributed by atoms with Crippen LogP contribution in [0.3, 0.4) is 0 Å². The molecular weight excluding hydrogens is 178 g/mol. The first kappa shape index (κ1) is 10.4. The Morgan fingerprint density at radius 2 is 2.14 bits per heavy atom. The Hall–Kier alpha value is -0.120. The van der Waals surface area contributed by atoms with Crippen molar-refractivity contribution in [3.8, 4) is 0 Å². The highest BCUT2D eigenvalue weighted by Crippen LogP contribution is 2.37. The van der Waals surface area contributed by atoms with E-state index in [1.54, 1.807) is 0 Å². The van der Waals surface area contributed by atoms with Gasteiger partial charge in [0.05, 0.1) is 18.3 Å². The van der Waals surface area contributed by atoms with E-state index in [2.05, 4.69) is 5.32 Å². The lowest BCUT2D eigenvalue weighted by Gasteiger charge is -2.33. The minimum atomic E-state index is 0.201. The van der Waals surface area contributed by atoms with Crippen LogP contribution < -0.4 is 5.32 Å². The Kier molecular flexibility index (Phi) is 3.42. The van der Waals surface area contributed by atoms with Crippen LogP contribution in [-0.2, 0) is 9.47 Å². The van der Waals surface area contributed by atoms with Crippen molar-refractivity contribution >= 4 is 0 Å². The minimum absolute atomic E-state index is 0.201. The SMILES string of the molecule is CCOC[C@@H]1CCC2(CCNCC2)O1. The molecule has 2 heterocycles. The van der Waals surface area contributed by atoms with Gasteiger partial charge in [-0.05, 0) is 45.7 Å². The molecule has 1 N–H and O–H groups in total. The predicted octanol–water partition coefficient (Wildman–Crippen LogP) is 1.32. The van der Waals surface area contributed by atoms with Gasteiger partial charge in [0.25, 0.3) is 0 Å². The van der Waals surface area contributed by atoms with Crippen LogP contribution in [-0.4, -0.2) is 38.0 Å². The normalized spacial score (nSPS) is 31.1. The van der Waals surface area contributed by atoms with Crippen molar-refractivity contribution in [3.63, 3.8) is 0 Å². The average molecular weight is 199 g/mol. The van der Waals surface area contributed by atoms with E-state index >= 15 is 0 Å². The summed E-state index contributed by atoms with van der Waals surface area (Å²) >= 11 is 0. The smallest absolute Gasteiger partial charge is 0.0817 e. The van der Waals surface area contributed by atoms with Gasteiger partial charge in [0.2, 0.25) is 0 Å². The fourth-order valence-corrected chi connectivity index (χ4v) is 2.51. The molecule has 14 heavy (non-hydrogen) atoms. The molecule has 0 aromatic rings. The molecular formula is C11H21NO2. The Morgan fingerprint density at radius 1 is 1.36 bits per heavy atom. The number of piperidine rings is 1. The molecule has 3 nitrogen and oxygen atoms in total. The summed E-state index contributed by atoms with van der Waals surface area (Å²) in [5, 5.41) is 3.38. The molecule has 0 aromatic heterocycles. The van der Waals surface area contributed by atoms with Gasteiger partial charge in [0.1, 0.15) is 0 Å². The van der Waals surface area contributed by atoms with Crippen molar-refractivity contribution in [1.29, 1.82) is 0 Å². The van der Waals surface area contributed by atoms with E-state index in [0.29, 0.717) is 6.10 Å². The van der Waals surface area contributed by atoms with Crippen LogP contribution in [0.5, 0.6) is 0 Å². The van der Waals surface area contributed by atoms with Gasteiger partial charge in [-0.3, -0.25) is 0 Å². The van der Waals surface area contributed by atoms with Crippen LogP contribution >= 0.6 is 0 Å². The molecule has 0 aromatic carbocycles. The maximum Gasteiger partial charge on any atom is 0.0817 e. The summed E-state index contributed by atoms with van der Waals surface area (Å²) in [6.07, 6.45) is 5.12. The molecule has 0 amide bonds. The molecule has 1 atom stereocenters. The molecule has 2 fully saturated rings. The van der Waals surface area contributed by atoms with E-state index in [1.807, 2.05) is 6.92 Å². The summed E-state index contributed by atoms with van der Waals surface area (Å²) in [5.41, 5.74) is 0.201. The lowest BCUT2D eigenvalue weighted by molar-refractivity contribution is -0.0835. The molecule has 0 aliphatic carbocycles. The summed E-state index contributed by atoms with van der Waals surface area (Å²) in [6, 6.07) is 0. The van der Waals surface area contributed by atoms with Gasteiger partial charge in [-0.1, -0.05) is 0 Å². The lowest BCUT2D eigenvalue weighted by Crippen LogP contribution is -2.42. The molecule has 1 spiro atoms. The Bertz CT molecular complexity index is 178. The van der Waals surface area contributed by atoms with Gasteiger partial charge in [0.15, 0.2) is 0 Å². The fraction of sp³-hybridized carbons (Fsp3) is 1.00. The van der Waals surface area contributed by atoms with E-state index in [0.717, 1.165) is 26.3 Å². The zero-order valence-corrected chi connectivity index (χ0v) is 9.05. The maximum atomic E-state index is 6.13. The molecule has 2 aliphatic rings. The van der Waals surface area contributed by atoms with E-state index in [4.69, 9.17) is 9.47 Å². The Morgan fingerprint density at radius 3 is 2.86 bits per heavy atom. The third-order valence-electron chi connectivity index (χ3n) is 3.36. The van der Waals surface area contributed by atoms with Crippen molar-refractivity contribution in [2.75, 3.05) is 26.3 Å². The first-order chi connectivity index (χ1) is 6.85. The highest BCUT2D eigenvalue weighted by molar-refractivity contribution is 4.92. The first-order valence-electron chi connectivity index (χ1n) is 5.81. The number of nitrogens with one attached hydrogen (secondary N) is 1. The number of ether oxygens (including phenoxy) is 2. The Balaban J connectivity index is 1.80. The van der Waals surface area contributed by atoms with E-state index < -0.39 is 0 Å². The number of rotatable bonds is 3. The van der Waals surface area contributed by atoms with Gasteiger partial charge < -0.3 is 14.8 Å². The van der Waals surface area contributed by atoms with Crippen molar-refractivity contribution in [2.24, 2.45) is 0 Å². The first-order valence-corrected chi connectivity index (χ1v) is 5.81. The second kappa shape index (κ2) is 4.60. The minimum Gasteiger partial charge on any atom is -0.379 e. The van der Waals surface area contributed by atoms with Gasteiger partial charge in [-0.25, -0.2) is 0 Å². The topological polar surface area (TPSA) is 30.5 Å². The van der Waals surface area contributed by atoms with Crippen LogP contribution in [0.15, 0.2) is 0 Å². The van der Waals surface area contributed by atoms with Gasteiger partial charge in [-0.15, -0.1) is 0 Å². The molecule has 2 aliphatic heterocycles. The van der Waals surface area contributed by atoms with Gasteiger partial charge in [-0.2, -0.15) is 0 Å². The second-order valence-electron chi connectivity index (χ2n) is 4.37. The van der Waals surface area contributed by atoms with Crippen LogP contribution in [0.1, 0.15) is 32.6 Å². The highest BCUT2D eigenvalue weighted by Gasteiger charge is 2.40. The summed E-state index contributed by atoms with van der Waals surface area (Å²) in [7, 11) is 0. The summed E-state index contributed by atoms with van der Waals surface area (Å²) < 4.78 is 11.5. The van der Waals surface area contributed by atoms with E-state index in [-0.39, 0.29) is 5.60 Å². The summed E-state index contributed by atoms with van der Waals surface area (Å²) in [4.78, 5) is 0. The predicted molar refractivity (Wildman–Crippen MR) is 55.4 cm³/mol. The van der Waals surface area contributed by atoms with E-state index in [9.17, 15) is 0 Å².